The molecule has 15 heteroatoms. The lowest BCUT2D eigenvalue weighted by molar-refractivity contribution is -0.123. The second-order valence-electron chi connectivity index (χ2n) is 8.86. The molecule has 3 aromatic rings. The monoisotopic (exact) mass is 673 g/mol. The highest BCUT2D eigenvalue weighted by Crippen LogP contribution is 2.34. The fraction of sp³-hybridized carbons (Fsp3) is 0.222. The number of hydrogen-bond acceptors (Lipinski definition) is 12. The minimum absolute atomic E-state index is 0.134. The van der Waals surface area contributed by atoms with Crippen molar-refractivity contribution < 1.29 is 19.1 Å². The summed E-state index contributed by atoms with van der Waals surface area (Å²) in [6.45, 7) is 0.718. The molecule has 0 atom stereocenters. The SMILES string of the molecule is COc1ccc(C=C2SC(=S)N(CCc3nnc(NC(=O)CCCN4C(=O)C(=Cc5cccs5)SC4=S)s3)C2=O)cc1. The molecule has 0 unspecified atom stereocenters. The molecule has 2 aliphatic heterocycles. The Hall–Kier alpha value is -2.95. The molecule has 2 fully saturated rings. The van der Waals surface area contributed by atoms with Crippen LogP contribution in [-0.2, 0) is 20.8 Å². The first-order valence-corrected chi connectivity index (χ1v) is 16.8. The molecule has 1 aromatic carbocycles. The van der Waals surface area contributed by atoms with Gasteiger partial charge in [0, 0.05) is 30.8 Å². The number of ether oxygens (including phenoxy) is 1. The van der Waals surface area contributed by atoms with E-state index in [1.54, 1.807) is 23.3 Å². The van der Waals surface area contributed by atoms with Crippen LogP contribution in [0.1, 0.15) is 28.3 Å². The van der Waals surface area contributed by atoms with Gasteiger partial charge in [0.05, 0.1) is 16.9 Å². The van der Waals surface area contributed by atoms with Crippen LogP contribution in [0, 0.1) is 0 Å². The van der Waals surface area contributed by atoms with E-state index in [-0.39, 0.29) is 24.1 Å². The van der Waals surface area contributed by atoms with Crippen LogP contribution in [0.25, 0.3) is 12.2 Å². The maximum absolute atomic E-state index is 12.9. The number of hydrogen-bond donors (Lipinski definition) is 1. The van der Waals surface area contributed by atoms with E-state index < -0.39 is 0 Å². The van der Waals surface area contributed by atoms with Gasteiger partial charge in [-0.05, 0) is 47.7 Å². The lowest BCUT2D eigenvalue weighted by atomic mass is 10.2. The zero-order chi connectivity index (χ0) is 29.6. The Labute approximate surface area is 269 Å². The fourth-order valence-corrected chi connectivity index (χ4v) is 8.02. The maximum Gasteiger partial charge on any atom is 0.266 e. The van der Waals surface area contributed by atoms with Crippen LogP contribution in [-0.4, -0.2) is 66.6 Å². The average molecular weight is 674 g/mol. The topological polar surface area (TPSA) is 105 Å². The van der Waals surface area contributed by atoms with Crippen LogP contribution >= 0.6 is 70.6 Å². The molecule has 0 saturated carbocycles. The van der Waals surface area contributed by atoms with Crippen LogP contribution in [0.15, 0.2) is 51.6 Å². The predicted molar refractivity (Wildman–Crippen MR) is 179 cm³/mol. The predicted octanol–water partition coefficient (Wildman–Crippen LogP) is 5.67. The highest BCUT2D eigenvalue weighted by Gasteiger charge is 2.33. The minimum atomic E-state index is -0.224. The molecule has 9 nitrogen and oxygen atoms in total. The molecule has 1 N–H and O–H groups in total. The van der Waals surface area contributed by atoms with Gasteiger partial charge in [-0.3, -0.25) is 24.2 Å². The number of carbonyl (C=O) groups excluding carboxylic acids is 3. The van der Waals surface area contributed by atoms with Crippen molar-refractivity contribution in [1.29, 1.82) is 0 Å². The van der Waals surface area contributed by atoms with Gasteiger partial charge in [0.15, 0.2) is 0 Å². The zero-order valence-electron chi connectivity index (χ0n) is 22.1. The molecule has 3 amide bonds. The van der Waals surface area contributed by atoms with E-state index in [4.69, 9.17) is 29.2 Å². The van der Waals surface area contributed by atoms with Gasteiger partial charge in [-0.25, -0.2) is 0 Å². The highest BCUT2D eigenvalue weighted by atomic mass is 32.2. The van der Waals surface area contributed by atoms with Gasteiger partial charge < -0.3 is 10.1 Å². The van der Waals surface area contributed by atoms with Crippen LogP contribution in [0.5, 0.6) is 5.75 Å². The van der Waals surface area contributed by atoms with E-state index in [1.807, 2.05) is 53.9 Å². The third kappa shape index (κ3) is 7.51. The standard InChI is InChI=1S/C27H23N5O4S6/c1-36-17-8-6-16(7-9-17)14-19-23(34)32(27(38)40-19)12-10-22-29-30-25(42-22)28-21(33)5-2-11-31-24(35)20(41-26(31)37)15-18-4-3-13-39-18/h3-4,6-9,13-15H,2,5,10-12H2,1H3,(H,28,30,33). The third-order valence-electron chi connectivity index (χ3n) is 6.03. The number of thioether (sulfide) groups is 2. The van der Waals surface area contributed by atoms with Crippen molar-refractivity contribution in [2.24, 2.45) is 0 Å². The van der Waals surface area contributed by atoms with Crippen LogP contribution in [0.3, 0.4) is 0 Å². The summed E-state index contributed by atoms with van der Waals surface area (Å²) in [6, 6.07) is 11.3. The molecule has 2 aliphatic rings. The minimum Gasteiger partial charge on any atom is -0.497 e. The Morgan fingerprint density at radius 1 is 0.976 bits per heavy atom. The number of aromatic nitrogens is 2. The summed E-state index contributed by atoms with van der Waals surface area (Å²) in [7, 11) is 1.60. The van der Waals surface area contributed by atoms with Crippen molar-refractivity contribution >= 4 is 114 Å². The van der Waals surface area contributed by atoms with Gasteiger partial charge in [-0.2, -0.15) is 0 Å². The lowest BCUT2D eigenvalue weighted by Gasteiger charge is -2.13. The van der Waals surface area contributed by atoms with E-state index >= 15 is 0 Å². The molecular formula is C27H23N5O4S6. The summed E-state index contributed by atoms with van der Waals surface area (Å²) >= 11 is 16.2. The Balaban J connectivity index is 1.07. The zero-order valence-corrected chi connectivity index (χ0v) is 27.0. The van der Waals surface area contributed by atoms with Crippen molar-refractivity contribution in [3.63, 3.8) is 0 Å². The van der Waals surface area contributed by atoms with Crippen molar-refractivity contribution in [3.05, 3.63) is 67.0 Å². The summed E-state index contributed by atoms with van der Waals surface area (Å²) in [5.74, 6) is 0.233. The lowest BCUT2D eigenvalue weighted by Crippen LogP contribution is -2.30. The number of amides is 3. The van der Waals surface area contributed by atoms with Gasteiger partial charge in [0.1, 0.15) is 19.4 Å². The van der Waals surface area contributed by atoms with Crippen LogP contribution in [0.2, 0.25) is 0 Å². The molecule has 0 bridgehead atoms. The molecule has 4 heterocycles. The largest absolute Gasteiger partial charge is 0.497 e. The molecule has 42 heavy (non-hydrogen) atoms. The first-order chi connectivity index (χ1) is 20.3. The Morgan fingerprint density at radius 2 is 1.67 bits per heavy atom. The molecule has 2 aromatic heterocycles. The normalized spacial score (nSPS) is 17.3. The highest BCUT2D eigenvalue weighted by molar-refractivity contribution is 8.27. The van der Waals surface area contributed by atoms with Gasteiger partial charge in [0.25, 0.3) is 11.8 Å². The van der Waals surface area contributed by atoms with E-state index in [9.17, 15) is 14.4 Å². The molecule has 0 aliphatic carbocycles. The Kier molecular flexibility index (Phi) is 10.2. The van der Waals surface area contributed by atoms with Crippen molar-refractivity contribution in [2.75, 3.05) is 25.5 Å². The third-order valence-corrected chi connectivity index (χ3v) is 10.5. The number of benzene rings is 1. The summed E-state index contributed by atoms with van der Waals surface area (Å²) < 4.78 is 6.16. The van der Waals surface area contributed by atoms with E-state index in [0.29, 0.717) is 54.5 Å². The fourth-order valence-electron chi connectivity index (χ4n) is 3.93. The summed E-state index contributed by atoms with van der Waals surface area (Å²) in [6.07, 6.45) is 4.75. The van der Waals surface area contributed by atoms with Gasteiger partial charge >= 0.3 is 0 Å². The number of nitrogens with zero attached hydrogens (tertiary/aromatic N) is 4. The molecule has 5 rings (SSSR count). The molecular weight excluding hydrogens is 651 g/mol. The summed E-state index contributed by atoms with van der Waals surface area (Å²) in [5, 5.41) is 14.0. The first-order valence-electron chi connectivity index (χ1n) is 12.6. The van der Waals surface area contributed by atoms with Gasteiger partial charge in [0.2, 0.25) is 11.0 Å². The van der Waals surface area contributed by atoms with Crippen LogP contribution in [0.4, 0.5) is 5.13 Å². The number of thiophene rings is 1. The van der Waals surface area contributed by atoms with Crippen LogP contribution < -0.4 is 10.1 Å². The maximum atomic E-state index is 12.9. The van der Waals surface area contributed by atoms with Gasteiger partial charge in [-0.1, -0.05) is 77.5 Å². The number of methoxy groups -OCH3 is 1. The number of nitrogens with one attached hydrogen (secondary N) is 1. The van der Waals surface area contributed by atoms with Crippen molar-refractivity contribution in [3.8, 4) is 5.75 Å². The number of thiocarbonyl (C=S) groups is 2. The second-order valence-corrected chi connectivity index (χ2v) is 14.3. The second kappa shape index (κ2) is 14.0. The molecule has 216 valence electrons. The Morgan fingerprint density at radius 3 is 2.33 bits per heavy atom. The van der Waals surface area contributed by atoms with Gasteiger partial charge in [-0.15, -0.1) is 21.5 Å². The molecule has 0 spiro atoms. The van der Waals surface area contributed by atoms with E-state index in [0.717, 1.165) is 16.2 Å². The summed E-state index contributed by atoms with van der Waals surface area (Å²) in [5.41, 5.74) is 0.880. The average Bonchev–Trinajstić information content (AvgIpc) is 3.75. The quantitative estimate of drug-likeness (QED) is 0.202. The number of rotatable bonds is 11. The molecule has 0 radical (unpaired) electrons. The number of anilines is 1. The number of carbonyl (C=O) groups is 3. The molecule has 2 saturated heterocycles. The van der Waals surface area contributed by atoms with Crippen molar-refractivity contribution in [2.45, 2.75) is 19.3 Å². The van der Waals surface area contributed by atoms with Crippen molar-refractivity contribution in [1.82, 2.24) is 20.0 Å². The smallest absolute Gasteiger partial charge is 0.266 e. The van der Waals surface area contributed by atoms with E-state index in [1.165, 1.54) is 39.8 Å². The first kappa shape index (κ1) is 30.5. The van der Waals surface area contributed by atoms with E-state index in [2.05, 4.69) is 15.5 Å². The summed E-state index contributed by atoms with van der Waals surface area (Å²) in [4.78, 5) is 43.4. The Bertz CT molecular complexity index is 1580.